The second-order valence-corrected chi connectivity index (χ2v) is 5.60. The Kier molecular flexibility index (Phi) is 5.32. The maximum Gasteiger partial charge on any atom is 0.194 e. The van der Waals surface area contributed by atoms with E-state index in [1.165, 1.54) is 5.56 Å². The highest BCUT2D eigenvalue weighted by Gasteiger charge is 2.08. The first kappa shape index (κ1) is 15.5. The summed E-state index contributed by atoms with van der Waals surface area (Å²) in [5, 5.41) is 7.34. The summed E-state index contributed by atoms with van der Waals surface area (Å²) in [5.41, 5.74) is 1.22. The summed E-state index contributed by atoms with van der Waals surface area (Å²) in [6, 6.07) is 8.27. The summed E-state index contributed by atoms with van der Waals surface area (Å²) < 4.78 is 2.83. The Morgan fingerprint density at radius 3 is 2.67 bits per heavy atom. The molecule has 0 saturated carbocycles. The van der Waals surface area contributed by atoms with Crippen LogP contribution in [0.2, 0.25) is 0 Å². The van der Waals surface area contributed by atoms with Gasteiger partial charge in [-0.05, 0) is 17.7 Å². The first-order valence-corrected chi connectivity index (χ1v) is 7.38. The van der Waals surface area contributed by atoms with Gasteiger partial charge >= 0.3 is 0 Å². The molecule has 0 aliphatic heterocycles. The first-order valence-electron chi connectivity index (χ1n) is 6.59. The molecular formula is C14H19BrN6. The Bertz CT molecular complexity index is 604. The van der Waals surface area contributed by atoms with Crippen LogP contribution in [0.5, 0.6) is 0 Å². The monoisotopic (exact) mass is 350 g/mol. The summed E-state index contributed by atoms with van der Waals surface area (Å²) in [5.74, 6) is 1.69. The molecule has 21 heavy (non-hydrogen) atoms. The second kappa shape index (κ2) is 7.21. The van der Waals surface area contributed by atoms with Crippen LogP contribution in [0.15, 0.2) is 40.1 Å². The number of hydrogen-bond acceptors (Lipinski definition) is 3. The largest absolute Gasteiger partial charge is 0.349 e. The number of rotatable bonds is 4. The lowest BCUT2D eigenvalue weighted by atomic mass is 10.2. The average Bonchev–Trinajstić information content (AvgIpc) is 2.88. The molecule has 7 heteroatoms. The highest BCUT2D eigenvalue weighted by molar-refractivity contribution is 9.10. The van der Waals surface area contributed by atoms with E-state index in [1.54, 1.807) is 18.1 Å². The van der Waals surface area contributed by atoms with Gasteiger partial charge in [0, 0.05) is 32.2 Å². The van der Waals surface area contributed by atoms with Crippen LogP contribution in [-0.2, 0) is 20.1 Å². The number of aromatic nitrogens is 3. The van der Waals surface area contributed by atoms with E-state index in [1.807, 2.05) is 26.2 Å². The average molecular weight is 351 g/mol. The fourth-order valence-corrected chi connectivity index (χ4v) is 2.23. The third kappa shape index (κ3) is 4.29. The fraction of sp³-hybridized carbons (Fsp3) is 0.357. The first-order chi connectivity index (χ1) is 10.1. The molecular weight excluding hydrogens is 332 g/mol. The maximum atomic E-state index is 4.30. The molecule has 0 amide bonds. The lowest BCUT2D eigenvalue weighted by molar-refractivity contribution is 0.474. The van der Waals surface area contributed by atoms with Crippen LogP contribution in [0.25, 0.3) is 0 Å². The molecule has 1 aromatic carbocycles. The van der Waals surface area contributed by atoms with Crippen molar-refractivity contribution in [2.75, 3.05) is 14.1 Å². The van der Waals surface area contributed by atoms with Gasteiger partial charge in [-0.2, -0.15) is 5.10 Å². The summed E-state index contributed by atoms with van der Waals surface area (Å²) in [7, 11) is 5.66. The Balaban J connectivity index is 1.94. The van der Waals surface area contributed by atoms with Crippen LogP contribution in [0.4, 0.5) is 0 Å². The molecule has 0 atom stereocenters. The predicted octanol–water partition coefficient (Wildman–Crippen LogP) is 1.78. The minimum absolute atomic E-state index is 0.591. The molecule has 0 fully saturated rings. The zero-order chi connectivity index (χ0) is 15.2. The molecule has 1 aromatic heterocycles. The summed E-state index contributed by atoms with van der Waals surface area (Å²) in [6.07, 6.45) is 1.55. The van der Waals surface area contributed by atoms with Crippen molar-refractivity contribution in [1.82, 2.24) is 25.0 Å². The Morgan fingerprint density at radius 1 is 1.38 bits per heavy atom. The molecule has 1 heterocycles. The van der Waals surface area contributed by atoms with Crippen molar-refractivity contribution >= 4 is 21.9 Å². The molecule has 0 unspecified atom stereocenters. The fourth-order valence-electron chi connectivity index (χ4n) is 1.96. The SMILES string of the molecule is CN=C(NCc1ncnn1C)N(C)Cc1ccc(Br)cc1. The number of benzene rings is 1. The zero-order valence-corrected chi connectivity index (χ0v) is 14.0. The lowest BCUT2D eigenvalue weighted by Gasteiger charge is -2.22. The number of guanidine groups is 1. The van der Waals surface area contributed by atoms with Crippen LogP contribution >= 0.6 is 15.9 Å². The molecule has 0 aliphatic rings. The summed E-state index contributed by atoms with van der Waals surface area (Å²) in [6.45, 7) is 1.37. The quantitative estimate of drug-likeness (QED) is 0.674. The molecule has 6 nitrogen and oxygen atoms in total. The summed E-state index contributed by atoms with van der Waals surface area (Å²) in [4.78, 5) is 10.6. The van der Waals surface area contributed by atoms with Gasteiger partial charge in [-0.15, -0.1) is 0 Å². The van der Waals surface area contributed by atoms with Gasteiger partial charge in [-0.3, -0.25) is 9.67 Å². The third-order valence-corrected chi connectivity index (χ3v) is 3.64. The molecule has 112 valence electrons. The van der Waals surface area contributed by atoms with Gasteiger partial charge in [0.25, 0.3) is 0 Å². The molecule has 2 rings (SSSR count). The minimum atomic E-state index is 0.591. The van der Waals surface area contributed by atoms with E-state index in [0.29, 0.717) is 6.54 Å². The van der Waals surface area contributed by atoms with Gasteiger partial charge in [-0.25, -0.2) is 4.98 Å². The van der Waals surface area contributed by atoms with E-state index >= 15 is 0 Å². The molecule has 0 bridgehead atoms. The predicted molar refractivity (Wildman–Crippen MR) is 86.8 cm³/mol. The number of halogens is 1. The minimum Gasteiger partial charge on any atom is -0.349 e. The number of nitrogens with zero attached hydrogens (tertiary/aromatic N) is 5. The van der Waals surface area contributed by atoms with E-state index in [0.717, 1.165) is 22.8 Å². The van der Waals surface area contributed by atoms with Crippen molar-refractivity contribution in [2.24, 2.45) is 12.0 Å². The Morgan fingerprint density at radius 2 is 2.10 bits per heavy atom. The van der Waals surface area contributed by atoms with E-state index in [2.05, 4.69) is 53.4 Å². The van der Waals surface area contributed by atoms with Gasteiger partial charge in [0.15, 0.2) is 5.96 Å². The van der Waals surface area contributed by atoms with Crippen LogP contribution in [0.1, 0.15) is 11.4 Å². The van der Waals surface area contributed by atoms with E-state index in [9.17, 15) is 0 Å². The van der Waals surface area contributed by atoms with Gasteiger partial charge in [-0.1, -0.05) is 28.1 Å². The van der Waals surface area contributed by atoms with E-state index < -0.39 is 0 Å². The summed E-state index contributed by atoms with van der Waals surface area (Å²) >= 11 is 3.44. The second-order valence-electron chi connectivity index (χ2n) is 4.68. The van der Waals surface area contributed by atoms with Crippen molar-refractivity contribution in [3.63, 3.8) is 0 Å². The topological polar surface area (TPSA) is 58.3 Å². The number of aliphatic imine (C=N–C) groups is 1. The molecule has 0 radical (unpaired) electrons. The molecule has 0 saturated heterocycles. The van der Waals surface area contributed by atoms with Crippen LogP contribution in [-0.4, -0.2) is 39.7 Å². The number of nitrogens with one attached hydrogen (secondary N) is 1. The zero-order valence-electron chi connectivity index (χ0n) is 12.4. The number of hydrogen-bond donors (Lipinski definition) is 1. The highest BCUT2D eigenvalue weighted by Crippen LogP contribution is 2.11. The maximum absolute atomic E-state index is 4.30. The van der Waals surface area contributed by atoms with Crippen LogP contribution in [0.3, 0.4) is 0 Å². The lowest BCUT2D eigenvalue weighted by Crippen LogP contribution is -2.38. The van der Waals surface area contributed by atoms with Crippen LogP contribution in [0, 0.1) is 0 Å². The normalized spacial score (nSPS) is 11.5. The van der Waals surface area contributed by atoms with E-state index in [4.69, 9.17) is 0 Å². The molecule has 0 aliphatic carbocycles. The third-order valence-electron chi connectivity index (χ3n) is 3.12. The highest BCUT2D eigenvalue weighted by atomic mass is 79.9. The van der Waals surface area contributed by atoms with Crippen molar-refractivity contribution in [3.05, 3.63) is 46.5 Å². The smallest absolute Gasteiger partial charge is 0.194 e. The molecule has 1 N–H and O–H groups in total. The van der Waals surface area contributed by atoms with Crippen molar-refractivity contribution in [1.29, 1.82) is 0 Å². The number of aryl methyl sites for hydroxylation is 1. The van der Waals surface area contributed by atoms with Gasteiger partial charge in [0.1, 0.15) is 12.2 Å². The Labute approximate surface area is 133 Å². The van der Waals surface area contributed by atoms with Crippen molar-refractivity contribution in [3.8, 4) is 0 Å². The standard InChI is InChI=1S/C14H19BrN6/c1-16-14(17-8-13-18-10-19-21(13)3)20(2)9-11-4-6-12(15)7-5-11/h4-7,10H,8-9H2,1-3H3,(H,16,17). The van der Waals surface area contributed by atoms with Gasteiger partial charge in [0.05, 0.1) is 6.54 Å². The van der Waals surface area contributed by atoms with Crippen LogP contribution < -0.4 is 5.32 Å². The van der Waals surface area contributed by atoms with E-state index in [-0.39, 0.29) is 0 Å². The molecule has 0 spiro atoms. The van der Waals surface area contributed by atoms with Crippen molar-refractivity contribution < 1.29 is 0 Å². The Hall–Kier alpha value is -1.89. The van der Waals surface area contributed by atoms with Crippen molar-refractivity contribution in [2.45, 2.75) is 13.1 Å². The van der Waals surface area contributed by atoms with Gasteiger partial charge in [0.2, 0.25) is 0 Å². The molecule has 2 aromatic rings. The van der Waals surface area contributed by atoms with Gasteiger partial charge < -0.3 is 10.2 Å².